The van der Waals surface area contributed by atoms with Gasteiger partial charge < -0.3 is 9.64 Å². The second kappa shape index (κ2) is 7.72. The Morgan fingerprint density at radius 1 is 1.03 bits per heavy atom. The lowest BCUT2D eigenvalue weighted by Crippen LogP contribution is -2.33. The molecule has 1 aliphatic heterocycles. The predicted molar refractivity (Wildman–Crippen MR) is 118 cm³/mol. The average Bonchev–Trinajstić information content (AvgIpc) is 3.46. The maximum Gasteiger partial charge on any atom is 0.339 e. The summed E-state index contributed by atoms with van der Waals surface area (Å²) in [6.07, 6.45) is 0.815. The van der Waals surface area contributed by atoms with E-state index in [0.717, 1.165) is 33.8 Å². The summed E-state index contributed by atoms with van der Waals surface area (Å²) in [7, 11) is 0. The number of pyridine rings is 1. The molecule has 5 nitrogen and oxygen atoms in total. The molecule has 1 aliphatic rings. The van der Waals surface area contributed by atoms with Gasteiger partial charge in [-0.25, -0.2) is 9.78 Å². The number of hydrogen-bond donors (Lipinski definition) is 0. The fourth-order valence-electron chi connectivity index (χ4n) is 3.78. The van der Waals surface area contributed by atoms with Crippen LogP contribution in [-0.2, 0) is 16.0 Å². The molecule has 148 valence electrons. The molecule has 1 amide bonds. The van der Waals surface area contributed by atoms with Crippen molar-refractivity contribution in [1.29, 1.82) is 0 Å². The van der Waals surface area contributed by atoms with Gasteiger partial charge in [-0.3, -0.25) is 4.79 Å². The highest BCUT2D eigenvalue weighted by Crippen LogP contribution is 2.29. The van der Waals surface area contributed by atoms with Gasteiger partial charge in [0.2, 0.25) is 0 Å². The number of amides is 1. The molecule has 2 aromatic carbocycles. The number of nitrogens with zero attached hydrogens (tertiary/aromatic N) is 2. The standard InChI is InChI=1S/C24H18N2O3S/c27-23(26-12-11-16-6-1-4-9-21(16)26)15-29-24(28)18-14-20(22-10-5-13-30-22)25-19-8-3-2-7-17(18)19/h1-10,13-14H,11-12,15H2. The Balaban J connectivity index is 1.39. The van der Waals surface area contributed by atoms with Gasteiger partial charge >= 0.3 is 5.97 Å². The zero-order valence-corrected chi connectivity index (χ0v) is 16.9. The summed E-state index contributed by atoms with van der Waals surface area (Å²) in [5.74, 6) is -0.739. The number of carbonyl (C=O) groups is 2. The van der Waals surface area contributed by atoms with Gasteiger partial charge in [-0.2, -0.15) is 0 Å². The summed E-state index contributed by atoms with van der Waals surface area (Å²) >= 11 is 1.56. The molecule has 0 radical (unpaired) electrons. The van der Waals surface area contributed by atoms with E-state index in [0.29, 0.717) is 17.5 Å². The van der Waals surface area contributed by atoms with Crippen LogP contribution in [0.3, 0.4) is 0 Å². The van der Waals surface area contributed by atoms with Crippen LogP contribution < -0.4 is 4.90 Å². The Hall–Kier alpha value is -3.51. The molecule has 30 heavy (non-hydrogen) atoms. The maximum absolute atomic E-state index is 12.9. The molecule has 3 heterocycles. The van der Waals surface area contributed by atoms with Gasteiger partial charge in [0.1, 0.15) is 0 Å². The van der Waals surface area contributed by atoms with E-state index in [4.69, 9.17) is 4.74 Å². The van der Waals surface area contributed by atoms with Gasteiger partial charge in [0.25, 0.3) is 5.91 Å². The minimum atomic E-state index is -0.521. The first kappa shape index (κ1) is 18.5. The molecular weight excluding hydrogens is 396 g/mol. The summed E-state index contributed by atoms with van der Waals surface area (Å²) < 4.78 is 5.44. The fraction of sp³-hybridized carbons (Fsp3) is 0.125. The van der Waals surface area contributed by atoms with Crippen molar-refractivity contribution >= 4 is 39.8 Å². The van der Waals surface area contributed by atoms with Gasteiger partial charge in [0.05, 0.1) is 21.7 Å². The average molecular weight is 414 g/mol. The minimum absolute atomic E-state index is 0.217. The normalized spacial score (nSPS) is 12.7. The first-order chi connectivity index (χ1) is 14.7. The highest BCUT2D eigenvalue weighted by atomic mass is 32.1. The van der Waals surface area contributed by atoms with Crippen LogP contribution in [0, 0.1) is 0 Å². The molecule has 0 N–H and O–H groups in total. The number of aromatic nitrogens is 1. The van der Waals surface area contributed by atoms with Crippen molar-refractivity contribution < 1.29 is 14.3 Å². The van der Waals surface area contributed by atoms with Crippen LogP contribution in [0.2, 0.25) is 0 Å². The molecule has 0 bridgehead atoms. The van der Waals surface area contributed by atoms with E-state index in [1.54, 1.807) is 22.3 Å². The van der Waals surface area contributed by atoms with E-state index in [1.807, 2.05) is 66.0 Å². The monoisotopic (exact) mass is 414 g/mol. The zero-order chi connectivity index (χ0) is 20.5. The molecule has 6 heteroatoms. The van der Waals surface area contributed by atoms with Gasteiger partial charge in [0.15, 0.2) is 6.61 Å². The van der Waals surface area contributed by atoms with Crippen LogP contribution in [0.25, 0.3) is 21.5 Å². The number of hydrogen-bond acceptors (Lipinski definition) is 5. The molecule has 0 saturated carbocycles. The molecule has 0 saturated heterocycles. The first-order valence-corrected chi connectivity index (χ1v) is 10.6. The zero-order valence-electron chi connectivity index (χ0n) is 16.1. The van der Waals surface area contributed by atoms with Crippen molar-refractivity contribution in [2.24, 2.45) is 0 Å². The van der Waals surface area contributed by atoms with E-state index >= 15 is 0 Å². The summed E-state index contributed by atoms with van der Waals surface area (Å²) in [5, 5.41) is 2.68. The third kappa shape index (κ3) is 3.35. The van der Waals surface area contributed by atoms with Crippen LogP contribution in [0.4, 0.5) is 5.69 Å². The molecule has 2 aromatic heterocycles. The number of esters is 1. The molecular formula is C24H18N2O3S. The summed E-state index contributed by atoms with van der Waals surface area (Å²) in [4.78, 5) is 33.0. The van der Waals surface area contributed by atoms with Crippen LogP contribution in [0.1, 0.15) is 15.9 Å². The van der Waals surface area contributed by atoms with E-state index in [1.165, 1.54) is 0 Å². The lowest BCUT2D eigenvalue weighted by atomic mass is 10.1. The SMILES string of the molecule is O=C(OCC(=O)N1CCc2ccccc21)c1cc(-c2cccs2)nc2ccccc12. The highest BCUT2D eigenvalue weighted by molar-refractivity contribution is 7.13. The van der Waals surface area contributed by atoms with E-state index in [9.17, 15) is 9.59 Å². The molecule has 0 atom stereocenters. The maximum atomic E-state index is 12.9. The number of ether oxygens (including phenoxy) is 1. The van der Waals surface area contributed by atoms with Gasteiger partial charge in [-0.1, -0.05) is 42.5 Å². The van der Waals surface area contributed by atoms with Crippen LogP contribution in [0.5, 0.6) is 0 Å². The molecule has 5 rings (SSSR count). The van der Waals surface area contributed by atoms with E-state index in [2.05, 4.69) is 4.98 Å². The number of rotatable bonds is 4. The Morgan fingerprint density at radius 3 is 2.73 bits per heavy atom. The fourth-order valence-corrected chi connectivity index (χ4v) is 4.46. The summed E-state index contributed by atoms with van der Waals surface area (Å²) in [6.45, 7) is 0.314. The lowest BCUT2D eigenvalue weighted by Gasteiger charge is -2.17. The van der Waals surface area contributed by atoms with Crippen molar-refractivity contribution in [3.63, 3.8) is 0 Å². The number of fused-ring (bicyclic) bond motifs is 2. The highest BCUT2D eigenvalue weighted by Gasteiger charge is 2.25. The van der Waals surface area contributed by atoms with Crippen molar-refractivity contribution in [2.75, 3.05) is 18.1 Å². The van der Waals surface area contributed by atoms with Crippen molar-refractivity contribution in [1.82, 2.24) is 4.98 Å². The number of thiophene rings is 1. The predicted octanol–water partition coefficient (Wildman–Crippen LogP) is 4.71. The minimum Gasteiger partial charge on any atom is -0.452 e. The Kier molecular flexibility index (Phi) is 4.77. The van der Waals surface area contributed by atoms with Gasteiger partial charge in [-0.15, -0.1) is 11.3 Å². The van der Waals surface area contributed by atoms with E-state index in [-0.39, 0.29) is 12.5 Å². The molecule has 4 aromatic rings. The largest absolute Gasteiger partial charge is 0.452 e. The number of carbonyl (C=O) groups excluding carboxylic acids is 2. The molecule has 0 aliphatic carbocycles. The van der Waals surface area contributed by atoms with Crippen molar-refractivity contribution in [3.8, 4) is 10.6 Å². The third-order valence-electron chi connectivity index (χ3n) is 5.22. The Labute approximate surface area is 177 Å². The first-order valence-electron chi connectivity index (χ1n) is 9.70. The van der Waals surface area contributed by atoms with Crippen molar-refractivity contribution in [3.05, 3.63) is 83.2 Å². The molecule has 0 unspecified atom stereocenters. The smallest absolute Gasteiger partial charge is 0.339 e. The molecule has 0 spiro atoms. The number of benzene rings is 2. The second-order valence-electron chi connectivity index (χ2n) is 7.05. The summed E-state index contributed by atoms with van der Waals surface area (Å²) in [6, 6.07) is 20.9. The quantitative estimate of drug-likeness (QED) is 0.454. The Bertz CT molecular complexity index is 1250. The van der Waals surface area contributed by atoms with Gasteiger partial charge in [0, 0.05) is 17.6 Å². The number of para-hydroxylation sites is 2. The van der Waals surface area contributed by atoms with Gasteiger partial charge in [-0.05, 0) is 41.6 Å². The second-order valence-corrected chi connectivity index (χ2v) is 8.00. The Morgan fingerprint density at radius 2 is 1.87 bits per heavy atom. The van der Waals surface area contributed by atoms with Crippen molar-refractivity contribution in [2.45, 2.75) is 6.42 Å². The van der Waals surface area contributed by atoms with Crippen LogP contribution in [-0.4, -0.2) is 30.0 Å². The summed E-state index contributed by atoms with van der Waals surface area (Å²) in [5.41, 5.74) is 3.88. The number of anilines is 1. The lowest BCUT2D eigenvalue weighted by molar-refractivity contribution is -0.121. The molecule has 0 fully saturated rings. The van der Waals surface area contributed by atoms with Crippen LogP contribution in [0.15, 0.2) is 72.1 Å². The topological polar surface area (TPSA) is 59.5 Å². The third-order valence-corrected chi connectivity index (χ3v) is 6.12. The van der Waals surface area contributed by atoms with Crippen LogP contribution >= 0.6 is 11.3 Å². The van der Waals surface area contributed by atoms with E-state index < -0.39 is 5.97 Å².